The molecule has 0 unspecified atom stereocenters. The van der Waals surface area contributed by atoms with Crippen LogP contribution in [0.4, 0.5) is 0 Å². The van der Waals surface area contributed by atoms with Crippen LogP contribution in [0.5, 0.6) is 0 Å². The van der Waals surface area contributed by atoms with Crippen LogP contribution in [0.3, 0.4) is 0 Å². The lowest BCUT2D eigenvalue weighted by Gasteiger charge is -2.05. The predicted molar refractivity (Wildman–Crippen MR) is 79.3 cm³/mol. The molecular formula is C13H10ClIS. The lowest BCUT2D eigenvalue weighted by Crippen LogP contribution is -1.83. The molecule has 0 atom stereocenters. The maximum atomic E-state index is 5.80. The summed E-state index contributed by atoms with van der Waals surface area (Å²) in [6.45, 7) is 0. The Bertz CT molecular complexity index is 471. The van der Waals surface area contributed by atoms with Crippen LogP contribution < -0.4 is 0 Å². The number of alkyl halides is 1. The highest BCUT2D eigenvalue weighted by molar-refractivity contribution is 14.1. The van der Waals surface area contributed by atoms with Crippen LogP contribution >= 0.6 is 46.0 Å². The fourth-order valence-corrected chi connectivity index (χ4v) is 3.24. The van der Waals surface area contributed by atoms with E-state index in [0.29, 0.717) is 5.88 Å². The molecule has 0 saturated heterocycles. The lowest BCUT2D eigenvalue weighted by atomic mass is 10.2. The normalized spacial score (nSPS) is 10.4. The molecular weight excluding hydrogens is 351 g/mol. The molecule has 0 aliphatic heterocycles. The van der Waals surface area contributed by atoms with E-state index in [-0.39, 0.29) is 0 Å². The Morgan fingerprint density at radius 1 is 1.06 bits per heavy atom. The highest BCUT2D eigenvalue weighted by Gasteiger charge is 2.02. The molecule has 0 saturated carbocycles. The van der Waals surface area contributed by atoms with Crippen molar-refractivity contribution < 1.29 is 0 Å². The minimum atomic E-state index is 0.576. The van der Waals surface area contributed by atoms with Gasteiger partial charge in [0.1, 0.15) is 0 Å². The third kappa shape index (κ3) is 3.15. The van der Waals surface area contributed by atoms with Crippen molar-refractivity contribution in [3.05, 3.63) is 57.7 Å². The van der Waals surface area contributed by atoms with Gasteiger partial charge in [0, 0.05) is 19.2 Å². The molecule has 82 valence electrons. The van der Waals surface area contributed by atoms with Crippen molar-refractivity contribution in [1.29, 1.82) is 0 Å². The van der Waals surface area contributed by atoms with Gasteiger partial charge in [0.05, 0.1) is 0 Å². The Morgan fingerprint density at radius 3 is 2.44 bits per heavy atom. The van der Waals surface area contributed by atoms with Crippen LogP contribution in [0.15, 0.2) is 58.3 Å². The van der Waals surface area contributed by atoms with Crippen LogP contribution in [0.2, 0.25) is 0 Å². The average Bonchev–Trinajstić information content (AvgIpc) is 2.33. The fourth-order valence-electron chi connectivity index (χ4n) is 1.33. The molecule has 0 bridgehead atoms. The highest BCUT2D eigenvalue weighted by atomic mass is 127. The number of hydrogen-bond acceptors (Lipinski definition) is 1. The molecule has 3 heteroatoms. The quantitative estimate of drug-likeness (QED) is 0.537. The SMILES string of the molecule is ClCc1ccc(Sc2ccccc2)c(I)c1. The van der Waals surface area contributed by atoms with Gasteiger partial charge in [-0.2, -0.15) is 0 Å². The predicted octanol–water partition coefficient (Wildman–Crippen LogP) is 5.18. The first kappa shape index (κ1) is 12.3. The van der Waals surface area contributed by atoms with Crippen molar-refractivity contribution in [3.8, 4) is 0 Å². The van der Waals surface area contributed by atoms with Gasteiger partial charge in [-0.05, 0) is 52.4 Å². The zero-order valence-corrected chi connectivity index (χ0v) is 12.2. The molecule has 0 N–H and O–H groups in total. The molecule has 0 aliphatic rings. The average molecular weight is 361 g/mol. The van der Waals surface area contributed by atoms with E-state index in [0.717, 1.165) is 0 Å². The topological polar surface area (TPSA) is 0 Å². The first-order valence-electron chi connectivity index (χ1n) is 4.87. The number of halogens is 2. The van der Waals surface area contributed by atoms with E-state index >= 15 is 0 Å². The third-order valence-electron chi connectivity index (χ3n) is 2.12. The van der Waals surface area contributed by atoms with Gasteiger partial charge in [-0.3, -0.25) is 0 Å². The van der Waals surface area contributed by atoms with Crippen molar-refractivity contribution in [2.45, 2.75) is 15.7 Å². The van der Waals surface area contributed by atoms with Gasteiger partial charge in [0.2, 0.25) is 0 Å². The summed E-state index contributed by atoms with van der Waals surface area (Å²) in [6.07, 6.45) is 0. The molecule has 0 spiro atoms. The standard InChI is InChI=1S/C13H10ClIS/c14-9-10-6-7-13(12(15)8-10)16-11-4-2-1-3-5-11/h1-8H,9H2. The fraction of sp³-hybridized carbons (Fsp3) is 0.0769. The second-order valence-electron chi connectivity index (χ2n) is 3.31. The molecule has 0 fully saturated rings. The summed E-state index contributed by atoms with van der Waals surface area (Å²) in [7, 11) is 0. The van der Waals surface area contributed by atoms with Crippen LogP contribution in [-0.4, -0.2) is 0 Å². The van der Waals surface area contributed by atoms with E-state index in [1.165, 1.54) is 18.9 Å². The Kier molecular flexibility index (Phi) is 4.55. The van der Waals surface area contributed by atoms with Crippen LogP contribution in [-0.2, 0) is 5.88 Å². The van der Waals surface area contributed by atoms with Crippen molar-refractivity contribution in [3.63, 3.8) is 0 Å². The molecule has 16 heavy (non-hydrogen) atoms. The number of benzene rings is 2. The minimum absolute atomic E-state index is 0.576. The summed E-state index contributed by atoms with van der Waals surface area (Å²) in [4.78, 5) is 2.54. The zero-order chi connectivity index (χ0) is 11.4. The smallest absolute Gasteiger partial charge is 0.0474 e. The van der Waals surface area contributed by atoms with Crippen LogP contribution in [0.25, 0.3) is 0 Å². The third-order valence-corrected chi connectivity index (χ3v) is 4.77. The summed E-state index contributed by atoms with van der Waals surface area (Å²) in [6, 6.07) is 16.7. The van der Waals surface area contributed by atoms with Crippen LogP contribution in [0, 0.1) is 3.57 Å². The van der Waals surface area contributed by atoms with Gasteiger partial charge in [0.15, 0.2) is 0 Å². The van der Waals surface area contributed by atoms with E-state index in [1.807, 2.05) is 6.07 Å². The van der Waals surface area contributed by atoms with E-state index < -0.39 is 0 Å². The molecule has 0 nitrogen and oxygen atoms in total. The second kappa shape index (κ2) is 5.94. The van der Waals surface area contributed by atoms with Gasteiger partial charge >= 0.3 is 0 Å². The molecule has 0 heterocycles. The first-order chi connectivity index (χ1) is 7.79. The minimum Gasteiger partial charge on any atom is -0.122 e. The lowest BCUT2D eigenvalue weighted by molar-refractivity contribution is 1.30. The Morgan fingerprint density at radius 2 is 1.81 bits per heavy atom. The van der Waals surface area contributed by atoms with E-state index in [1.54, 1.807) is 11.8 Å². The van der Waals surface area contributed by atoms with Gasteiger partial charge in [-0.15, -0.1) is 11.6 Å². The van der Waals surface area contributed by atoms with E-state index in [2.05, 4.69) is 65.1 Å². The second-order valence-corrected chi connectivity index (χ2v) is 5.86. The van der Waals surface area contributed by atoms with Crippen molar-refractivity contribution in [2.75, 3.05) is 0 Å². The van der Waals surface area contributed by atoms with Gasteiger partial charge in [-0.25, -0.2) is 0 Å². The number of hydrogen-bond donors (Lipinski definition) is 0. The molecule has 0 aromatic heterocycles. The molecule has 0 radical (unpaired) electrons. The maximum Gasteiger partial charge on any atom is 0.0474 e. The molecule has 2 aromatic rings. The molecule has 0 aliphatic carbocycles. The monoisotopic (exact) mass is 360 g/mol. The van der Waals surface area contributed by atoms with Gasteiger partial charge < -0.3 is 0 Å². The summed E-state index contributed by atoms with van der Waals surface area (Å²) >= 11 is 9.94. The highest BCUT2D eigenvalue weighted by Crippen LogP contribution is 2.31. The molecule has 2 aromatic carbocycles. The summed E-state index contributed by atoms with van der Waals surface area (Å²) in [5, 5.41) is 0. The van der Waals surface area contributed by atoms with E-state index in [9.17, 15) is 0 Å². The summed E-state index contributed by atoms with van der Waals surface area (Å²) in [5.74, 6) is 0.576. The van der Waals surface area contributed by atoms with Crippen molar-refractivity contribution in [2.24, 2.45) is 0 Å². The number of rotatable bonds is 3. The first-order valence-corrected chi connectivity index (χ1v) is 7.30. The maximum absolute atomic E-state index is 5.80. The summed E-state index contributed by atoms with van der Waals surface area (Å²) < 4.78 is 1.25. The Hall–Kier alpha value is -0.190. The largest absolute Gasteiger partial charge is 0.122 e. The molecule has 2 rings (SSSR count). The molecule has 0 amide bonds. The van der Waals surface area contributed by atoms with Crippen LogP contribution in [0.1, 0.15) is 5.56 Å². The van der Waals surface area contributed by atoms with Gasteiger partial charge in [-0.1, -0.05) is 36.0 Å². The van der Waals surface area contributed by atoms with Crippen molar-refractivity contribution >= 4 is 46.0 Å². The Balaban J connectivity index is 2.22. The Labute approximate surface area is 119 Å². The van der Waals surface area contributed by atoms with E-state index in [4.69, 9.17) is 11.6 Å². The van der Waals surface area contributed by atoms with Crippen molar-refractivity contribution in [1.82, 2.24) is 0 Å². The zero-order valence-electron chi connectivity index (χ0n) is 8.49. The van der Waals surface area contributed by atoms with Gasteiger partial charge in [0.25, 0.3) is 0 Å². The summed E-state index contributed by atoms with van der Waals surface area (Å²) in [5.41, 5.74) is 1.17.